The van der Waals surface area contributed by atoms with Crippen molar-refractivity contribution < 1.29 is 9.53 Å². The molecule has 0 aromatic heterocycles. The molecule has 18 heavy (non-hydrogen) atoms. The monoisotopic (exact) mass is 249 g/mol. The minimum atomic E-state index is 0.0426. The van der Waals surface area contributed by atoms with Crippen molar-refractivity contribution in [3.05, 3.63) is 23.8 Å². The molecule has 0 spiro atoms. The Morgan fingerprint density at radius 3 is 3.06 bits per heavy atom. The molecule has 0 saturated heterocycles. The zero-order valence-electron chi connectivity index (χ0n) is 9.77. The number of aryl methyl sites for hydroxylation is 1. The fraction of sp³-hybridized carbons (Fsp3) is 0.273. The van der Waals surface area contributed by atoms with E-state index in [1.807, 2.05) is 12.1 Å². The molecule has 1 heterocycles. The molecular weight excluding hydrogens is 234 g/mol. The number of anilines is 1. The number of hydrogen-bond acceptors (Lipinski definition) is 5. The number of benzene rings is 1. The first kappa shape index (κ1) is 12.2. The first-order chi connectivity index (χ1) is 8.72. The number of hydrazine groups is 1. The lowest BCUT2D eigenvalue weighted by Crippen LogP contribution is -2.35. The van der Waals surface area contributed by atoms with Gasteiger partial charge in [0.1, 0.15) is 12.4 Å². The van der Waals surface area contributed by atoms with E-state index in [-0.39, 0.29) is 12.5 Å². The van der Waals surface area contributed by atoms with E-state index in [4.69, 9.17) is 16.4 Å². The average molecular weight is 249 g/mol. The maximum absolute atomic E-state index is 11.2. The molecule has 0 bridgehead atoms. The number of fused-ring (bicyclic) bond motifs is 1. The highest BCUT2D eigenvalue weighted by Crippen LogP contribution is 2.26. The number of nitrogens with zero attached hydrogens (tertiary/aromatic N) is 1. The van der Waals surface area contributed by atoms with Gasteiger partial charge in [0.25, 0.3) is 0 Å². The fourth-order valence-electron chi connectivity index (χ4n) is 1.72. The van der Waals surface area contributed by atoms with Gasteiger partial charge in [-0.05, 0) is 30.2 Å². The lowest BCUT2D eigenvalue weighted by molar-refractivity contribution is -0.116. The molecule has 1 aliphatic heterocycles. The lowest BCUT2D eigenvalue weighted by atomic mass is 10.0. The number of hydrogen-bond donors (Lipinski definition) is 4. The number of ether oxygens (including phenoxy) is 1. The van der Waals surface area contributed by atoms with Crippen LogP contribution < -0.4 is 27.2 Å². The first-order valence-electron chi connectivity index (χ1n) is 5.52. The van der Waals surface area contributed by atoms with Crippen LogP contribution in [-0.2, 0) is 11.2 Å². The van der Waals surface area contributed by atoms with Gasteiger partial charge in [0.05, 0.1) is 0 Å². The highest BCUT2D eigenvalue weighted by Gasteiger charge is 2.15. The third-order valence-corrected chi connectivity index (χ3v) is 2.67. The zero-order valence-corrected chi connectivity index (χ0v) is 9.77. The van der Waals surface area contributed by atoms with Gasteiger partial charge in [-0.1, -0.05) is 0 Å². The van der Waals surface area contributed by atoms with Gasteiger partial charge in [-0.3, -0.25) is 4.79 Å². The minimum absolute atomic E-state index is 0.0426. The second-order valence-corrected chi connectivity index (χ2v) is 3.88. The highest BCUT2D eigenvalue weighted by molar-refractivity contribution is 5.94. The van der Waals surface area contributed by atoms with Gasteiger partial charge < -0.3 is 21.3 Å². The summed E-state index contributed by atoms with van der Waals surface area (Å²) in [6.45, 7) is 0.165. The van der Waals surface area contributed by atoms with Crippen LogP contribution in [0, 0.1) is 0 Å². The van der Waals surface area contributed by atoms with E-state index >= 15 is 0 Å². The number of nitrogens with two attached hydrogens (primary N) is 2. The predicted octanol–water partition coefficient (Wildman–Crippen LogP) is -0.314. The number of rotatable bonds is 3. The summed E-state index contributed by atoms with van der Waals surface area (Å²) < 4.78 is 5.48. The Morgan fingerprint density at radius 1 is 1.50 bits per heavy atom. The van der Waals surface area contributed by atoms with Crippen LogP contribution in [0.2, 0.25) is 0 Å². The molecule has 1 aliphatic rings. The van der Waals surface area contributed by atoms with Crippen molar-refractivity contribution in [2.24, 2.45) is 16.8 Å². The molecule has 1 amide bonds. The van der Waals surface area contributed by atoms with Gasteiger partial charge in [0.2, 0.25) is 5.91 Å². The topological polar surface area (TPSA) is 115 Å². The van der Waals surface area contributed by atoms with Crippen molar-refractivity contribution in [3.63, 3.8) is 0 Å². The van der Waals surface area contributed by atoms with Crippen molar-refractivity contribution in [3.8, 4) is 5.75 Å². The Balaban J connectivity index is 2.05. The van der Waals surface area contributed by atoms with E-state index in [2.05, 4.69) is 15.8 Å². The molecule has 0 atom stereocenters. The minimum Gasteiger partial charge on any atom is -0.486 e. The van der Waals surface area contributed by atoms with Crippen molar-refractivity contribution in [2.45, 2.75) is 12.8 Å². The van der Waals surface area contributed by atoms with Crippen LogP contribution in [0.25, 0.3) is 0 Å². The number of amidine groups is 1. The molecule has 0 radical (unpaired) electrons. The zero-order chi connectivity index (χ0) is 13.0. The molecule has 2 rings (SSSR count). The molecule has 0 saturated carbocycles. The molecule has 0 unspecified atom stereocenters. The maximum atomic E-state index is 11.2. The van der Waals surface area contributed by atoms with Gasteiger partial charge in [-0.25, -0.2) is 5.84 Å². The molecular formula is C11H15N5O2. The van der Waals surface area contributed by atoms with Gasteiger partial charge in [-0.15, -0.1) is 0 Å². The molecule has 1 aromatic rings. The van der Waals surface area contributed by atoms with Gasteiger partial charge in [0.15, 0.2) is 5.84 Å². The van der Waals surface area contributed by atoms with Crippen LogP contribution in [0.15, 0.2) is 23.3 Å². The van der Waals surface area contributed by atoms with Crippen molar-refractivity contribution >= 4 is 17.4 Å². The third kappa shape index (κ3) is 2.69. The summed E-state index contributed by atoms with van der Waals surface area (Å²) in [5.74, 6) is 11.3. The smallest absolute Gasteiger partial charge is 0.224 e. The Labute approximate surface area is 104 Å². The third-order valence-electron chi connectivity index (χ3n) is 2.67. The summed E-state index contributed by atoms with van der Waals surface area (Å²) in [4.78, 5) is 11.2. The quantitative estimate of drug-likeness (QED) is 0.254. The maximum Gasteiger partial charge on any atom is 0.224 e. The fourth-order valence-corrected chi connectivity index (χ4v) is 1.72. The number of amides is 1. The van der Waals surface area contributed by atoms with Crippen LogP contribution in [0.4, 0.5) is 5.69 Å². The molecule has 96 valence electrons. The summed E-state index contributed by atoms with van der Waals surface area (Å²) in [6.07, 6.45) is 1.21. The number of nitrogens with one attached hydrogen (secondary N) is 2. The van der Waals surface area contributed by atoms with E-state index < -0.39 is 0 Å². The van der Waals surface area contributed by atoms with E-state index in [1.54, 1.807) is 6.07 Å². The van der Waals surface area contributed by atoms with E-state index in [1.165, 1.54) is 0 Å². The van der Waals surface area contributed by atoms with E-state index in [0.29, 0.717) is 24.4 Å². The molecule has 7 heteroatoms. The summed E-state index contributed by atoms with van der Waals surface area (Å²) in [5, 5.41) is 6.22. The van der Waals surface area contributed by atoms with Crippen LogP contribution in [0.3, 0.4) is 0 Å². The summed E-state index contributed by atoms with van der Waals surface area (Å²) in [7, 11) is 0. The SMILES string of the molecule is NN=C(COc1ccc2c(c1)CCC(=O)N2)NN. The van der Waals surface area contributed by atoms with Gasteiger partial charge in [0, 0.05) is 12.1 Å². The number of carbonyl (C=O) groups excluding carboxylic acids is 1. The van der Waals surface area contributed by atoms with Gasteiger partial charge in [-0.2, -0.15) is 5.10 Å². The second kappa shape index (κ2) is 5.37. The van der Waals surface area contributed by atoms with Crippen molar-refractivity contribution in [1.82, 2.24) is 5.43 Å². The number of hydrazone groups is 1. The lowest BCUT2D eigenvalue weighted by Gasteiger charge is -2.17. The second-order valence-electron chi connectivity index (χ2n) is 3.88. The Kier molecular flexibility index (Phi) is 3.63. The van der Waals surface area contributed by atoms with Crippen molar-refractivity contribution in [1.29, 1.82) is 0 Å². The summed E-state index contributed by atoms with van der Waals surface area (Å²) >= 11 is 0. The molecule has 6 N–H and O–H groups in total. The largest absolute Gasteiger partial charge is 0.486 e. The molecule has 0 aliphatic carbocycles. The molecule has 7 nitrogen and oxygen atoms in total. The van der Waals surface area contributed by atoms with Crippen LogP contribution >= 0.6 is 0 Å². The Hall–Kier alpha value is -2.28. The summed E-state index contributed by atoms with van der Waals surface area (Å²) in [5.41, 5.74) is 4.22. The molecule has 1 aromatic carbocycles. The van der Waals surface area contributed by atoms with Crippen LogP contribution in [0.5, 0.6) is 5.75 Å². The standard InChI is InChI=1S/C11H15N5O2/c12-15-10(16-13)6-18-8-2-3-9-7(5-8)1-4-11(17)14-9/h2-3,5H,1,4,6,12-13H2,(H,14,17)(H,15,16). The van der Waals surface area contributed by atoms with Gasteiger partial charge >= 0.3 is 0 Å². The van der Waals surface area contributed by atoms with E-state index in [9.17, 15) is 4.79 Å². The average Bonchev–Trinajstić information content (AvgIpc) is 2.40. The predicted molar refractivity (Wildman–Crippen MR) is 67.8 cm³/mol. The van der Waals surface area contributed by atoms with E-state index in [0.717, 1.165) is 11.3 Å². The van der Waals surface area contributed by atoms with Crippen molar-refractivity contribution in [2.75, 3.05) is 11.9 Å². The Morgan fingerprint density at radius 2 is 2.33 bits per heavy atom. The normalized spacial score (nSPS) is 14.7. The highest BCUT2D eigenvalue weighted by atomic mass is 16.5. The number of carbonyl (C=O) groups is 1. The van der Waals surface area contributed by atoms with Crippen LogP contribution in [0.1, 0.15) is 12.0 Å². The summed E-state index contributed by atoms with van der Waals surface area (Å²) in [6, 6.07) is 5.48. The first-order valence-corrected chi connectivity index (χ1v) is 5.52. The Bertz CT molecular complexity index is 486. The molecule has 0 fully saturated rings. The van der Waals surface area contributed by atoms with Crippen LogP contribution in [-0.4, -0.2) is 18.3 Å².